The van der Waals surface area contributed by atoms with Crippen molar-refractivity contribution in [3.8, 4) is 23.6 Å². The molecule has 3 aromatic rings. The van der Waals surface area contributed by atoms with E-state index in [4.69, 9.17) is 9.47 Å². The zero-order chi connectivity index (χ0) is 24.6. The van der Waals surface area contributed by atoms with E-state index in [1.165, 1.54) is 14.2 Å². The number of ketones is 1. The quantitative estimate of drug-likeness (QED) is 0.491. The molecule has 3 unspecified atom stereocenters. The van der Waals surface area contributed by atoms with Crippen LogP contribution in [-0.4, -0.2) is 30.9 Å². The lowest BCUT2D eigenvalue weighted by Crippen LogP contribution is -2.37. The lowest BCUT2D eigenvalue weighted by Gasteiger charge is -2.34. The molecule has 6 heteroatoms. The van der Waals surface area contributed by atoms with Gasteiger partial charge >= 0.3 is 0 Å². The minimum atomic E-state index is -1.49. The molecule has 0 radical (unpaired) electrons. The molecule has 3 aromatic carbocycles. The first kappa shape index (κ1) is 22.3. The van der Waals surface area contributed by atoms with Crippen LogP contribution in [0.2, 0.25) is 0 Å². The second-order valence-electron chi connectivity index (χ2n) is 8.65. The number of nitrogens with zero attached hydrogens (tertiary/aromatic N) is 3. The van der Waals surface area contributed by atoms with Gasteiger partial charge in [0, 0.05) is 17.7 Å². The van der Waals surface area contributed by atoms with Crippen LogP contribution in [0.4, 0.5) is 0 Å². The Kier molecular flexibility index (Phi) is 5.51. The van der Waals surface area contributed by atoms with E-state index in [-0.39, 0.29) is 5.78 Å². The van der Waals surface area contributed by atoms with Gasteiger partial charge < -0.3 is 14.4 Å². The molecule has 2 aliphatic rings. The molecule has 172 valence electrons. The summed E-state index contributed by atoms with van der Waals surface area (Å²) in [5, 5.41) is 21.1. The number of carbonyl (C=O) groups excluding carboxylic acids is 1. The molecule has 0 bridgehead atoms. The Labute approximate surface area is 204 Å². The highest BCUT2D eigenvalue weighted by molar-refractivity contribution is 6.02. The van der Waals surface area contributed by atoms with Crippen molar-refractivity contribution >= 4 is 11.9 Å². The minimum absolute atomic E-state index is 0.193. The van der Waals surface area contributed by atoms with Crippen molar-refractivity contribution in [2.24, 2.45) is 5.41 Å². The van der Waals surface area contributed by atoms with E-state index in [9.17, 15) is 15.3 Å². The number of ether oxygens (including phenoxy) is 2. The molecule has 5 rings (SSSR count). The van der Waals surface area contributed by atoms with Crippen molar-refractivity contribution < 1.29 is 14.3 Å². The number of Topliss-reactive ketones (excluding diaryl/α,β-unsaturated/α-hetero) is 1. The van der Waals surface area contributed by atoms with E-state index in [1.54, 1.807) is 18.2 Å². The molecule has 35 heavy (non-hydrogen) atoms. The van der Waals surface area contributed by atoms with Crippen molar-refractivity contribution in [2.45, 2.75) is 18.0 Å². The maximum atomic E-state index is 14.2. The van der Waals surface area contributed by atoms with Gasteiger partial charge in [-0.15, -0.1) is 0 Å². The fourth-order valence-electron chi connectivity index (χ4n) is 5.49. The van der Waals surface area contributed by atoms with E-state index in [2.05, 4.69) is 12.1 Å². The molecular formula is C29H23N3O3. The van der Waals surface area contributed by atoms with Crippen LogP contribution in [0.25, 0.3) is 6.08 Å². The number of rotatable bonds is 5. The smallest absolute Gasteiger partial charge is 0.186 e. The topological polar surface area (TPSA) is 86.3 Å². The molecule has 3 atom stereocenters. The third-order valence-electron chi connectivity index (χ3n) is 7.04. The molecule has 1 saturated heterocycles. The van der Waals surface area contributed by atoms with Crippen LogP contribution >= 0.6 is 0 Å². The van der Waals surface area contributed by atoms with E-state index >= 15 is 0 Å². The Balaban J connectivity index is 1.74. The maximum absolute atomic E-state index is 14.2. The number of carbonyl (C=O) groups is 1. The van der Waals surface area contributed by atoms with E-state index in [0.29, 0.717) is 17.1 Å². The first-order chi connectivity index (χ1) is 17.1. The first-order valence-electron chi connectivity index (χ1n) is 11.3. The second-order valence-corrected chi connectivity index (χ2v) is 8.65. The van der Waals surface area contributed by atoms with Gasteiger partial charge in [0.1, 0.15) is 6.04 Å². The van der Waals surface area contributed by atoms with Gasteiger partial charge in [-0.05, 0) is 41.0 Å². The third kappa shape index (κ3) is 3.26. The summed E-state index contributed by atoms with van der Waals surface area (Å²) in [6.07, 6.45) is 3.79. The lowest BCUT2D eigenvalue weighted by atomic mass is 9.67. The standard InChI is InChI=1S/C29H23N3O3/c1-34-23-13-12-21(16-24(23)35-2)27(33)26-25(20-9-4-3-5-10-20)29(17-30,18-31)28-22-11-7-6-8-19(22)14-15-32(26)28/h3-16,25-26,28H,1-2H3. The van der Waals surface area contributed by atoms with Crippen LogP contribution in [0.3, 0.4) is 0 Å². The summed E-state index contributed by atoms with van der Waals surface area (Å²) in [6, 6.07) is 25.5. The fourth-order valence-corrected chi connectivity index (χ4v) is 5.49. The Bertz CT molecular complexity index is 1390. The van der Waals surface area contributed by atoms with Gasteiger partial charge in [0.25, 0.3) is 0 Å². The van der Waals surface area contributed by atoms with E-state index in [1.807, 2.05) is 71.8 Å². The zero-order valence-corrected chi connectivity index (χ0v) is 19.4. The summed E-state index contributed by atoms with van der Waals surface area (Å²) in [7, 11) is 3.06. The van der Waals surface area contributed by atoms with Gasteiger partial charge in [0.2, 0.25) is 0 Å². The lowest BCUT2D eigenvalue weighted by molar-refractivity contribution is 0.0874. The van der Waals surface area contributed by atoms with Gasteiger partial charge in [-0.25, -0.2) is 0 Å². The Morgan fingerprint density at radius 2 is 1.60 bits per heavy atom. The van der Waals surface area contributed by atoms with Crippen molar-refractivity contribution in [3.05, 3.63) is 101 Å². The molecule has 0 spiro atoms. The summed E-state index contributed by atoms with van der Waals surface area (Å²) >= 11 is 0. The normalized spacial score (nSPS) is 21.3. The molecule has 0 aliphatic carbocycles. The fraction of sp³-hybridized carbons (Fsp3) is 0.207. The summed E-state index contributed by atoms with van der Waals surface area (Å²) in [5.41, 5.74) is 1.51. The predicted octanol–water partition coefficient (Wildman–Crippen LogP) is 5.11. The largest absolute Gasteiger partial charge is 0.493 e. The van der Waals surface area contributed by atoms with Gasteiger partial charge in [-0.1, -0.05) is 54.6 Å². The first-order valence-corrected chi connectivity index (χ1v) is 11.3. The predicted molar refractivity (Wildman–Crippen MR) is 131 cm³/mol. The number of fused-ring (bicyclic) bond motifs is 3. The van der Waals surface area contributed by atoms with E-state index in [0.717, 1.165) is 16.7 Å². The average Bonchev–Trinajstić information content (AvgIpc) is 3.23. The molecule has 0 aromatic heterocycles. The van der Waals surface area contributed by atoms with Gasteiger partial charge in [-0.2, -0.15) is 10.5 Å². The molecule has 0 saturated carbocycles. The van der Waals surface area contributed by atoms with Gasteiger partial charge in [0.15, 0.2) is 22.7 Å². The summed E-state index contributed by atoms with van der Waals surface area (Å²) in [5.74, 6) is 0.0833. The Morgan fingerprint density at radius 3 is 2.29 bits per heavy atom. The molecule has 2 heterocycles. The van der Waals surface area contributed by atoms with Crippen LogP contribution in [0, 0.1) is 28.1 Å². The maximum Gasteiger partial charge on any atom is 0.186 e. The second kappa shape index (κ2) is 8.66. The summed E-state index contributed by atoms with van der Waals surface area (Å²) in [4.78, 5) is 16.1. The monoisotopic (exact) mass is 461 g/mol. The third-order valence-corrected chi connectivity index (χ3v) is 7.04. The molecule has 1 fully saturated rings. The number of hydrogen-bond donors (Lipinski definition) is 0. The van der Waals surface area contributed by atoms with Crippen molar-refractivity contribution in [3.63, 3.8) is 0 Å². The van der Waals surface area contributed by atoms with Crippen molar-refractivity contribution in [1.82, 2.24) is 4.90 Å². The SMILES string of the molecule is COc1ccc(C(=O)C2C(c3ccccc3)C(C#N)(C#N)C3c4ccccc4C=CN23)cc1OC. The van der Waals surface area contributed by atoms with Crippen molar-refractivity contribution in [1.29, 1.82) is 10.5 Å². The number of methoxy groups -OCH3 is 2. The molecule has 6 nitrogen and oxygen atoms in total. The number of nitriles is 2. The summed E-state index contributed by atoms with van der Waals surface area (Å²) in [6.45, 7) is 0. The highest BCUT2D eigenvalue weighted by Crippen LogP contribution is 2.60. The molecular weight excluding hydrogens is 438 g/mol. The molecule has 0 N–H and O–H groups in total. The van der Waals surface area contributed by atoms with Gasteiger partial charge in [0.05, 0.1) is 32.4 Å². The van der Waals surface area contributed by atoms with Crippen LogP contribution in [-0.2, 0) is 0 Å². The van der Waals surface area contributed by atoms with Gasteiger partial charge in [-0.3, -0.25) is 4.79 Å². The number of benzene rings is 3. The Hall–Kier alpha value is -4.55. The Morgan fingerprint density at radius 1 is 0.914 bits per heavy atom. The highest BCUT2D eigenvalue weighted by Gasteiger charge is 2.63. The zero-order valence-electron chi connectivity index (χ0n) is 19.4. The van der Waals surface area contributed by atoms with Crippen molar-refractivity contribution in [2.75, 3.05) is 14.2 Å². The van der Waals surface area contributed by atoms with Crippen LogP contribution < -0.4 is 9.47 Å². The van der Waals surface area contributed by atoms with Crippen LogP contribution in [0.5, 0.6) is 11.5 Å². The minimum Gasteiger partial charge on any atom is -0.493 e. The van der Waals surface area contributed by atoms with Crippen LogP contribution in [0.1, 0.15) is 39.0 Å². The number of hydrogen-bond acceptors (Lipinski definition) is 6. The molecule has 0 amide bonds. The summed E-state index contributed by atoms with van der Waals surface area (Å²) < 4.78 is 10.8. The molecule has 2 aliphatic heterocycles. The average molecular weight is 462 g/mol. The van der Waals surface area contributed by atoms with Crippen LogP contribution in [0.15, 0.2) is 79.0 Å². The highest BCUT2D eigenvalue weighted by atomic mass is 16.5. The van der Waals surface area contributed by atoms with E-state index < -0.39 is 23.4 Å².